The Labute approximate surface area is 132 Å². The van der Waals surface area contributed by atoms with Crippen LogP contribution in [0.5, 0.6) is 0 Å². The standard InChI is InChI=1S/C14H19IN2O3/c1-4-20-17-14(19)12(9(2)3)16-13(18)10-5-7-11(15)8-6-10/h5-9,12H,4H2,1-3H3,(H,16,18)(H,17,19)/t12-/m0/s1. The van der Waals surface area contributed by atoms with E-state index in [1.807, 2.05) is 26.0 Å². The average Bonchev–Trinajstić information content (AvgIpc) is 2.42. The number of rotatable bonds is 6. The van der Waals surface area contributed by atoms with Crippen molar-refractivity contribution in [2.75, 3.05) is 6.61 Å². The highest BCUT2D eigenvalue weighted by Crippen LogP contribution is 2.08. The fraction of sp³-hybridized carbons (Fsp3) is 0.429. The minimum absolute atomic E-state index is 0.0387. The molecule has 0 radical (unpaired) electrons. The maximum Gasteiger partial charge on any atom is 0.266 e. The molecule has 0 fully saturated rings. The van der Waals surface area contributed by atoms with Crippen molar-refractivity contribution in [2.45, 2.75) is 26.8 Å². The zero-order valence-electron chi connectivity index (χ0n) is 11.8. The van der Waals surface area contributed by atoms with Gasteiger partial charge in [-0.3, -0.25) is 14.4 Å². The summed E-state index contributed by atoms with van der Waals surface area (Å²) in [5, 5.41) is 2.73. The van der Waals surface area contributed by atoms with Gasteiger partial charge in [-0.1, -0.05) is 13.8 Å². The van der Waals surface area contributed by atoms with Gasteiger partial charge in [0, 0.05) is 9.13 Å². The largest absolute Gasteiger partial charge is 0.340 e. The van der Waals surface area contributed by atoms with Crippen LogP contribution in [0.2, 0.25) is 0 Å². The topological polar surface area (TPSA) is 67.4 Å². The van der Waals surface area contributed by atoms with E-state index in [2.05, 4.69) is 33.4 Å². The fourth-order valence-corrected chi connectivity index (χ4v) is 1.93. The molecule has 5 nitrogen and oxygen atoms in total. The summed E-state index contributed by atoms with van der Waals surface area (Å²) in [6.07, 6.45) is 0. The highest BCUT2D eigenvalue weighted by molar-refractivity contribution is 14.1. The summed E-state index contributed by atoms with van der Waals surface area (Å²) in [7, 11) is 0. The van der Waals surface area contributed by atoms with E-state index in [1.54, 1.807) is 19.1 Å². The number of benzene rings is 1. The van der Waals surface area contributed by atoms with Crippen molar-refractivity contribution < 1.29 is 14.4 Å². The molecule has 0 saturated heterocycles. The highest BCUT2D eigenvalue weighted by Gasteiger charge is 2.24. The van der Waals surface area contributed by atoms with Gasteiger partial charge in [-0.25, -0.2) is 5.48 Å². The first kappa shape index (κ1) is 16.9. The lowest BCUT2D eigenvalue weighted by molar-refractivity contribution is -0.136. The maximum atomic E-state index is 12.1. The molecular weight excluding hydrogens is 371 g/mol. The first-order valence-electron chi connectivity index (χ1n) is 6.43. The van der Waals surface area contributed by atoms with E-state index in [-0.39, 0.29) is 17.7 Å². The molecule has 0 aromatic heterocycles. The van der Waals surface area contributed by atoms with Crippen LogP contribution < -0.4 is 10.8 Å². The molecule has 0 bridgehead atoms. The van der Waals surface area contributed by atoms with Gasteiger partial charge >= 0.3 is 0 Å². The summed E-state index contributed by atoms with van der Waals surface area (Å²) < 4.78 is 1.05. The average molecular weight is 390 g/mol. The number of hydrogen-bond donors (Lipinski definition) is 2. The molecule has 0 spiro atoms. The van der Waals surface area contributed by atoms with Gasteiger partial charge in [-0.2, -0.15) is 0 Å². The number of halogens is 1. The Morgan fingerprint density at radius 1 is 1.25 bits per heavy atom. The van der Waals surface area contributed by atoms with E-state index >= 15 is 0 Å². The summed E-state index contributed by atoms with van der Waals surface area (Å²) in [4.78, 5) is 28.9. The zero-order chi connectivity index (χ0) is 15.1. The predicted octanol–water partition coefficient (Wildman–Crippen LogP) is 2.11. The second-order valence-corrected chi connectivity index (χ2v) is 5.85. The Bertz CT molecular complexity index is 460. The second kappa shape index (κ2) is 8.21. The molecule has 2 amide bonds. The van der Waals surface area contributed by atoms with Gasteiger partial charge < -0.3 is 5.32 Å². The van der Waals surface area contributed by atoms with E-state index in [9.17, 15) is 9.59 Å². The van der Waals surface area contributed by atoms with Crippen LogP contribution in [0.25, 0.3) is 0 Å². The van der Waals surface area contributed by atoms with E-state index in [1.165, 1.54) is 0 Å². The van der Waals surface area contributed by atoms with E-state index in [0.717, 1.165) is 3.57 Å². The summed E-state index contributed by atoms with van der Waals surface area (Å²) in [5.41, 5.74) is 2.85. The Hall–Kier alpha value is -1.15. The van der Waals surface area contributed by atoms with Crippen LogP contribution in [0.15, 0.2) is 24.3 Å². The van der Waals surface area contributed by atoms with Crippen LogP contribution in [-0.4, -0.2) is 24.5 Å². The lowest BCUT2D eigenvalue weighted by Crippen LogP contribution is -2.49. The molecule has 1 aromatic rings. The normalized spacial score (nSPS) is 12.1. The first-order valence-corrected chi connectivity index (χ1v) is 7.51. The quantitative estimate of drug-likeness (QED) is 0.578. The number of hydroxylamine groups is 1. The smallest absolute Gasteiger partial charge is 0.266 e. The lowest BCUT2D eigenvalue weighted by Gasteiger charge is -2.21. The van der Waals surface area contributed by atoms with Crippen LogP contribution >= 0.6 is 22.6 Å². The minimum atomic E-state index is -0.631. The predicted molar refractivity (Wildman–Crippen MR) is 85.0 cm³/mol. The Balaban J connectivity index is 2.72. The van der Waals surface area contributed by atoms with Crippen LogP contribution in [0.1, 0.15) is 31.1 Å². The van der Waals surface area contributed by atoms with Crippen molar-refractivity contribution in [3.8, 4) is 0 Å². The molecule has 1 atom stereocenters. The van der Waals surface area contributed by atoms with Gasteiger partial charge in [-0.15, -0.1) is 0 Å². The highest BCUT2D eigenvalue weighted by atomic mass is 127. The molecule has 20 heavy (non-hydrogen) atoms. The number of nitrogens with one attached hydrogen (secondary N) is 2. The van der Waals surface area contributed by atoms with Gasteiger partial charge in [0.15, 0.2) is 0 Å². The number of carbonyl (C=O) groups excluding carboxylic acids is 2. The van der Waals surface area contributed by atoms with Crippen LogP contribution in [0.3, 0.4) is 0 Å². The van der Waals surface area contributed by atoms with E-state index < -0.39 is 6.04 Å². The van der Waals surface area contributed by atoms with Crippen molar-refractivity contribution >= 4 is 34.4 Å². The molecular formula is C14H19IN2O3. The molecule has 0 heterocycles. The third-order valence-corrected chi connectivity index (χ3v) is 3.38. The van der Waals surface area contributed by atoms with Gasteiger partial charge in [0.05, 0.1) is 6.61 Å². The van der Waals surface area contributed by atoms with Crippen LogP contribution in [0.4, 0.5) is 0 Å². The van der Waals surface area contributed by atoms with Crippen LogP contribution in [-0.2, 0) is 9.63 Å². The van der Waals surface area contributed by atoms with E-state index in [0.29, 0.717) is 12.2 Å². The monoisotopic (exact) mass is 390 g/mol. The van der Waals surface area contributed by atoms with Crippen molar-refractivity contribution in [1.29, 1.82) is 0 Å². The van der Waals surface area contributed by atoms with Gasteiger partial charge in [-0.05, 0) is 59.7 Å². The Morgan fingerprint density at radius 2 is 1.85 bits per heavy atom. The van der Waals surface area contributed by atoms with Crippen molar-refractivity contribution in [3.05, 3.63) is 33.4 Å². The molecule has 0 saturated carbocycles. The summed E-state index contributed by atoms with van der Waals surface area (Å²) in [6, 6.07) is 6.53. The fourth-order valence-electron chi connectivity index (χ4n) is 1.57. The molecule has 0 unspecified atom stereocenters. The molecule has 1 aromatic carbocycles. The van der Waals surface area contributed by atoms with Crippen LogP contribution in [0, 0.1) is 9.49 Å². The summed E-state index contributed by atoms with van der Waals surface area (Å²) in [5.74, 6) is -0.657. The third kappa shape index (κ3) is 5.09. The van der Waals surface area contributed by atoms with Crippen molar-refractivity contribution in [2.24, 2.45) is 5.92 Å². The lowest BCUT2D eigenvalue weighted by atomic mass is 10.0. The van der Waals surface area contributed by atoms with Crippen molar-refractivity contribution in [3.63, 3.8) is 0 Å². The van der Waals surface area contributed by atoms with Crippen molar-refractivity contribution in [1.82, 2.24) is 10.8 Å². The Morgan fingerprint density at radius 3 is 2.35 bits per heavy atom. The molecule has 6 heteroatoms. The summed E-state index contributed by atoms with van der Waals surface area (Å²) >= 11 is 2.17. The third-order valence-electron chi connectivity index (χ3n) is 2.66. The minimum Gasteiger partial charge on any atom is -0.340 e. The molecule has 0 aliphatic carbocycles. The number of carbonyl (C=O) groups is 2. The molecule has 2 N–H and O–H groups in total. The van der Waals surface area contributed by atoms with Gasteiger partial charge in [0.1, 0.15) is 6.04 Å². The second-order valence-electron chi connectivity index (χ2n) is 4.60. The number of amides is 2. The molecule has 0 aliphatic heterocycles. The van der Waals surface area contributed by atoms with E-state index in [4.69, 9.17) is 4.84 Å². The first-order chi connectivity index (χ1) is 9.45. The SMILES string of the molecule is CCONC(=O)[C@@H](NC(=O)c1ccc(I)cc1)C(C)C. The number of hydrogen-bond acceptors (Lipinski definition) is 3. The van der Waals surface area contributed by atoms with Gasteiger partial charge in [0.25, 0.3) is 11.8 Å². The molecule has 0 aliphatic rings. The summed E-state index contributed by atoms with van der Waals surface area (Å²) in [6.45, 7) is 5.88. The van der Waals surface area contributed by atoms with Gasteiger partial charge in [0.2, 0.25) is 0 Å². The Kier molecular flexibility index (Phi) is 6.94. The zero-order valence-corrected chi connectivity index (χ0v) is 13.9. The molecule has 110 valence electrons. The molecule has 1 rings (SSSR count). The maximum absolute atomic E-state index is 12.1.